The van der Waals surface area contributed by atoms with E-state index in [0.717, 1.165) is 0 Å². The maximum Gasteiger partial charge on any atom is 0.292 e. The third-order valence-electron chi connectivity index (χ3n) is 3.84. The molecule has 1 amide bonds. The number of carbonyl (C=O) groups is 1. The summed E-state index contributed by atoms with van der Waals surface area (Å²) in [6.45, 7) is 1.64. The Hall–Kier alpha value is -3.37. The number of carbonyl (C=O) groups excluding carboxylic acids is 1. The van der Waals surface area contributed by atoms with Crippen molar-refractivity contribution in [1.29, 1.82) is 0 Å². The Morgan fingerprint density at radius 1 is 1.11 bits per heavy atom. The molecule has 9 nitrogen and oxygen atoms in total. The van der Waals surface area contributed by atoms with Gasteiger partial charge in [-0.25, -0.2) is 24.1 Å². The summed E-state index contributed by atoms with van der Waals surface area (Å²) < 4.78 is 22.6. The predicted molar refractivity (Wildman–Crippen MR) is 99.9 cm³/mol. The van der Waals surface area contributed by atoms with Crippen molar-refractivity contribution in [3.63, 3.8) is 0 Å². The van der Waals surface area contributed by atoms with Gasteiger partial charge in [0.15, 0.2) is 5.69 Å². The number of hydrogen-bond donors (Lipinski definition) is 3. The first-order chi connectivity index (χ1) is 12.8. The zero-order valence-electron chi connectivity index (χ0n) is 14.1. The summed E-state index contributed by atoms with van der Waals surface area (Å²) in [5, 5.41) is 15.9. The zero-order chi connectivity index (χ0) is 19.6. The minimum absolute atomic E-state index is 0.0213. The number of amides is 1. The molecule has 0 saturated heterocycles. The monoisotopic (exact) mass is 385 g/mol. The molecule has 0 saturated carbocycles. The molecular formula is C17H15N5O4S. The van der Waals surface area contributed by atoms with Gasteiger partial charge in [-0.3, -0.25) is 9.59 Å². The number of primary sulfonamides is 1. The lowest BCUT2D eigenvalue weighted by molar-refractivity contribution is 0.0950. The van der Waals surface area contributed by atoms with Crippen molar-refractivity contribution in [1.82, 2.24) is 15.6 Å². The third kappa shape index (κ3) is 3.91. The van der Waals surface area contributed by atoms with Crippen LogP contribution in [-0.4, -0.2) is 30.2 Å². The summed E-state index contributed by atoms with van der Waals surface area (Å²) in [6.07, 6.45) is 0. The number of nitrogens with zero attached hydrogens (tertiary/aromatic N) is 2. The highest BCUT2D eigenvalue weighted by atomic mass is 32.2. The van der Waals surface area contributed by atoms with Gasteiger partial charge < -0.3 is 0 Å². The number of benzene rings is 2. The van der Waals surface area contributed by atoms with Gasteiger partial charge in [-0.05, 0) is 30.7 Å². The molecule has 0 unspecified atom stereocenters. The summed E-state index contributed by atoms with van der Waals surface area (Å²) in [6, 6.07) is 12.3. The van der Waals surface area contributed by atoms with Gasteiger partial charge >= 0.3 is 0 Å². The molecule has 1 aromatic heterocycles. The second-order valence-electron chi connectivity index (χ2n) is 5.65. The predicted octanol–water partition coefficient (Wildman–Crippen LogP) is 0.724. The molecule has 0 aliphatic carbocycles. The van der Waals surface area contributed by atoms with Crippen molar-refractivity contribution < 1.29 is 13.2 Å². The van der Waals surface area contributed by atoms with Crippen LogP contribution in [0.2, 0.25) is 0 Å². The van der Waals surface area contributed by atoms with E-state index in [-0.39, 0.29) is 10.6 Å². The Morgan fingerprint density at radius 3 is 2.37 bits per heavy atom. The van der Waals surface area contributed by atoms with Crippen LogP contribution in [0.25, 0.3) is 10.8 Å². The van der Waals surface area contributed by atoms with E-state index in [1.165, 1.54) is 24.3 Å². The smallest absolute Gasteiger partial charge is 0.267 e. The Balaban J connectivity index is 1.85. The highest BCUT2D eigenvalue weighted by Gasteiger charge is 2.14. The second kappa shape index (κ2) is 7.09. The lowest BCUT2D eigenvalue weighted by atomic mass is 10.1. The van der Waals surface area contributed by atoms with E-state index in [9.17, 15) is 18.0 Å². The molecular weight excluding hydrogens is 370 g/mol. The maximum atomic E-state index is 12.4. The summed E-state index contributed by atoms with van der Waals surface area (Å²) in [5.41, 5.74) is 3.06. The van der Waals surface area contributed by atoms with Crippen LogP contribution in [0.15, 0.2) is 63.3 Å². The second-order valence-corrected chi connectivity index (χ2v) is 7.22. The lowest BCUT2D eigenvalue weighted by Crippen LogP contribution is -2.23. The molecule has 1 heterocycles. The summed E-state index contributed by atoms with van der Waals surface area (Å²) in [4.78, 5) is 24.1. The normalized spacial score (nSPS) is 12.1. The van der Waals surface area contributed by atoms with Crippen molar-refractivity contribution in [3.8, 4) is 0 Å². The molecule has 27 heavy (non-hydrogen) atoms. The quantitative estimate of drug-likeness (QED) is 0.447. The van der Waals surface area contributed by atoms with Crippen molar-refractivity contribution in [2.24, 2.45) is 10.2 Å². The van der Waals surface area contributed by atoms with Crippen molar-refractivity contribution in [2.45, 2.75) is 11.8 Å². The van der Waals surface area contributed by atoms with E-state index in [4.69, 9.17) is 5.14 Å². The van der Waals surface area contributed by atoms with Crippen LogP contribution in [0.3, 0.4) is 0 Å². The minimum Gasteiger partial charge on any atom is -0.267 e. The van der Waals surface area contributed by atoms with Gasteiger partial charge in [-0.15, -0.1) is 0 Å². The van der Waals surface area contributed by atoms with Crippen LogP contribution in [0, 0.1) is 0 Å². The van der Waals surface area contributed by atoms with Crippen LogP contribution in [-0.2, 0) is 10.0 Å². The zero-order valence-corrected chi connectivity index (χ0v) is 14.9. The third-order valence-corrected chi connectivity index (χ3v) is 4.77. The van der Waals surface area contributed by atoms with Gasteiger partial charge in [-0.1, -0.05) is 30.3 Å². The fourth-order valence-electron chi connectivity index (χ4n) is 2.43. The lowest BCUT2D eigenvalue weighted by Gasteiger charge is -2.05. The van der Waals surface area contributed by atoms with Crippen LogP contribution in [0.5, 0.6) is 0 Å². The Labute approximate surface area is 154 Å². The number of nitrogens with one attached hydrogen (secondary N) is 2. The molecule has 138 valence electrons. The molecule has 0 aliphatic heterocycles. The van der Waals surface area contributed by atoms with E-state index in [1.807, 2.05) is 0 Å². The Morgan fingerprint density at radius 2 is 1.74 bits per heavy atom. The van der Waals surface area contributed by atoms with E-state index in [1.54, 1.807) is 31.2 Å². The molecule has 0 radical (unpaired) electrons. The highest BCUT2D eigenvalue weighted by Crippen LogP contribution is 2.12. The number of nitrogens with two attached hydrogens (primary N) is 1. The Bertz CT molecular complexity index is 1210. The molecule has 0 bridgehead atoms. The molecule has 0 atom stereocenters. The fourth-order valence-corrected chi connectivity index (χ4v) is 2.94. The number of hydrogen-bond acceptors (Lipinski definition) is 6. The average Bonchev–Trinajstić information content (AvgIpc) is 2.66. The van der Waals surface area contributed by atoms with E-state index < -0.39 is 21.5 Å². The largest absolute Gasteiger partial charge is 0.292 e. The molecule has 0 fully saturated rings. The van der Waals surface area contributed by atoms with E-state index in [0.29, 0.717) is 22.0 Å². The number of aromatic amines is 1. The SMILES string of the molecule is C/C(=N\NC(=O)c1n[nH]c(=O)c2ccccc12)c1ccc(S(N)(=O)=O)cc1. The standard InChI is InChI=1S/C17H15N5O4S/c1-10(11-6-8-12(9-7-11)27(18,25)26)19-22-17(24)15-13-4-2-3-5-14(13)16(23)21-20-15/h2-9H,1H3,(H,21,23)(H,22,24)(H2,18,25,26)/b19-10+. The first kappa shape index (κ1) is 18.4. The van der Waals surface area contributed by atoms with Gasteiger partial charge in [0.2, 0.25) is 10.0 Å². The van der Waals surface area contributed by atoms with Crippen LogP contribution < -0.4 is 16.1 Å². The number of aromatic nitrogens is 2. The number of fused-ring (bicyclic) bond motifs is 1. The van der Waals surface area contributed by atoms with Crippen LogP contribution >= 0.6 is 0 Å². The summed E-state index contributed by atoms with van der Waals surface area (Å²) >= 11 is 0. The fraction of sp³-hybridized carbons (Fsp3) is 0.0588. The number of H-pyrrole nitrogens is 1. The van der Waals surface area contributed by atoms with Gasteiger partial charge in [0.25, 0.3) is 11.5 Å². The topological polar surface area (TPSA) is 147 Å². The van der Waals surface area contributed by atoms with Gasteiger partial charge in [0.05, 0.1) is 16.0 Å². The van der Waals surface area contributed by atoms with E-state index in [2.05, 4.69) is 20.7 Å². The van der Waals surface area contributed by atoms with Gasteiger partial charge in [0, 0.05) is 5.39 Å². The first-order valence-electron chi connectivity index (χ1n) is 7.72. The van der Waals surface area contributed by atoms with Crippen LogP contribution in [0.4, 0.5) is 0 Å². The number of sulfonamides is 1. The first-order valence-corrected chi connectivity index (χ1v) is 9.27. The molecule has 10 heteroatoms. The molecule has 2 aromatic carbocycles. The molecule has 3 aromatic rings. The number of rotatable bonds is 4. The van der Waals surface area contributed by atoms with Crippen molar-refractivity contribution >= 4 is 32.4 Å². The summed E-state index contributed by atoms with van der Waals surface area (Å²) in [5.74, 6) is -0.594. The molecule has 0 spiro atoms. The Kier molecular flexibility index (Phi) is 4.84. The van der Waals surface area contributed by atoms with Gasteiger partial charge in [0.1, 0.15) is 0 Å². The van der Waals surface area contributed by atoms with E-state index >= 15 is 0 Å². The number of hydrazone groups is 1. The molecule has 4 N–H and O–H groups in total. The maximum absolute atomic E-state index is 12.4. The summed E-state index contributed by atoms with van der Waals surface area (Å²) in [7, 11) is -3.78. The van der Waals surface area contributed by atoms with Crippen LogP contribution in [0.1, 0.15) is 23.0 Å². The highest BCUT2D eigenvalue weighted by molar-refractivity contribution is 7.89. The van der Waals surface area contributed by atoms with Crippen molar-refractivity contribution in [3.05, 3.63) is 70.1 Å². The van der Waals surface area contributed by atoms with Crippen molar-refractivity contribution in [2.75, 3.05) is 0 Å². The molecule has 0 aliphatic rings. The van der Waals surface area contributed by atoms with Gasteiger partial charge in [-0.2, -0.15) is 10.2 Å². The minimum atomic E-state index is -3.78. The molecule has 3 rings (SSSR count). The average molecular weight is 385 g/mol.